The van der Waals surface area contributed by atoms with Crippen molar-refractivity contribution in [2.75, 3.05) is 0 Å². The molecule has 186 valence electrons. The predicted octanol–water partition coefficient (Wildman–Crippen LogP) is 9.25. The molecular weight excluding hydrogens is 478 g/mol. The number of imidazole rings is 1. The fraction of sp³-hybridized carbons (Fsp3) is 0.0857. The largest absolute Gasteiger partial charge is 0.455 e. The molecule has 0 fully saturated rings. The summed E-state index contributed by atoms with van der Waals surface area (Å²) in [4.78, 5) is 5.14. The Balaban J connectivity index is 1.52. The third-order valence-electron chi connectivity index (χ3n) is 7.43. The van der Waals surface area contributed by atoms with Crippen molar-refractivity contribution in [3.8, 4) is 34.3 Å². The van der Waals surface area contributed by atoms with Gasteiger partial charge in [-0.3, -0.25) is 4.57 Å². The van der Waals surface area contributed by atoms with Gasteiger partial charge in [0.15, 0.2) is 0 Å². The highest BCUT2D eigenvalue weighted by Crippen LogP contribution is 2.39. The van der Waals surface area contributed by atoms with Gasteiger partial charge in [0.2, 0.25) is 0 Å². The normalized spacial score (nSPS) is 11.5. The smallest absolute Gasteiger partial charge is 0.149 e. The maximum atomic E-state index is 9.41. The van der Waals surface area contributed by atoms with E-state index in [1.54, 1.807) is 6.07 Å². The second kappa shape index (κ2) is 9.01. The molecule has 4 nitrogen and oxygen atoms in total. The van der Waals surface area contributed by atoms with E-state index in [2.05, 4.69) is 103 Å². The van der Waals surface area contributed by atoms with Crippen LogP contribution in [0.5, 0.6) is 0 Å². The van der Waals surface area contributed by atoms with Gasteiger partial charge in [-0.25, -0.2) is 4.98 Å². The summed E-state index contributed by atoms with van der Waals surface area (Å²) >= 11 is 0. The maximum absolute atomic E-state index is 9.41. The van der Waals surface area contributed by atoms with Gasteiger partial charge in [-0.05, 0) is 71.1 Å². The van der Waals surface area contributed by atoms with E-state index in [0.29, 0.717) is 17.1 Å². The predicted molar refractivity (Wildman–Crippen MR) is 158 cm³/mol. The van der Waals surface area contributed by atoms with Crippen LogP contribution in [-0.4, -0.2) is 9.55 Å². The first kappa shape index (κ1) is 23.0. The topological polar surface area (TPSA) is 54.8 Å². The van der Waals surface area contributed by atoms with E-state index in [9.17, 15) is 5.26 Å². The van der Waals surface area contributed by atoms with E-state index >= 15 is 0 Å². The minimum Gasteiger partial charge on any atom is -0.455 e. The Labute approximate surface area is 226 Å². The zero-order valence-corrected chi connectivity index (χ0v) is 21.7. The second-order valence-corrected chi connectivity index (χ2v) is 10.2. The van der Waals surface area contributed by atoms with Crippen LogP contribution in [0.25, 0.3) is 61.2 Å². The van der Waals surface area contributed by atoms with Crippen LogP contribution >= 0.6 is 0 Å². The van der Waals surface area contributed by atoms with Crippen LogP contribution in [-0.2, 0) is 0 Å². The summed E-state index contributed by atoms with van der Waals surface area (Å²) in [5, 5.41) is 11.4. The van der Waals surface area contributed by atoms with Gasteiger partial charge in [0.25, 0.3) is 0 Å². The number of nitrogens with zero attached hydrogens (tertiary/aromatic N) is 3. The van der Waals surface area contributed by atoms with E-state index in [4.69, 9.17) is 9.40 Å². The van der Waals surface area contributed by atoms with Crippen LogP contribution in [0.2, 0.25) is 0 Å². The molecule has 0 N–H and O–H groups in total. The third-order valence-corrected chi connectivity index (χ3v) is 7.43. The maximum Gasteiger partial charge on any atom is 0.149 e. The summed E-state index contributed by atoms with van der Waals surface area (Å²) in [6.45, 7) is 4.47. The van der Waals surface area contributed by atoms with Crippen LogP contribution in [0.15, 0.2) is 114 Å². The van der Waals surface area contributed by atoms with Gasteiger partial charge in [-0.1, -0.05) is 74.5 Å². The minimum absolute atomic E-state index is 0.295. The average molecular weight is 504 g/mol. The van der Waals surface area contributed by atoms with Gasteiger partial charge in [0.1, 0.15) is 17.0 Å². The van der Waals surface area contributed by atoms with Crippen molar-refractivity contribution in [2.24, 2.45) is 0 Å². The number of hydrogen-bond acceptors (Lipinski definition) is 3. The number of nitriles is 1. The SMILES string of the molecule is CC(C)c1cc(-c2ccccc2)ccc1-n1c(-c2cccc3c2oc2cc(C#N)ccc23)nc2ccccc21. The standard InChI is InChI=1S/C35H25N3O/c1-22(2)29-20-25(24-9-4-3-5-10-24)16-18-31(29)38-32-14-7-6-13-30(32)37-35(38)28-12-8-11-27-26-17-15-23(21-36)19-33(26)39-34(27)28/h3-20,22H,1-2H3. The van der Waals surface area contributed by atoms with E-state index in [1.807, 2.05) is 24.3 Å². The average Bonchev–Trinajstić information content (AvgIpc) is 3.55. The molecule has 0 unspecified atom stereocenters. The van der Waals surface area contributed by atoms with E-state index in [-0.39, 0.29) is 0 Å². The molecule has 0 saturated carbocycles. The van der Waals surface area contributed by atoms with Crippen LogP contribution in [0.1, 0.15) is 30.9 Å². The first-order valence-electron chi connectivity index (χ1n) is 13.2. The molecule has 0 atom stereocenters. The summed E-state index contributed by atoms with van der Waals surface area (Å²) in [7, 11) is 0. The highest BCUT2D eigenvalue weighted by atomic mass is 16.3. The Morgan fingerprint density at radius 2 is 1.59 bits per heavy atom. The molecule has 2 heterocycles. The molecule has 0 aliphatic carbocycles. The van der Waals surface area contributed by atoms with Gasteiger partial charge in [0, 0.05) is 10.8 Å². The Morgan fingerprint density at radius 3 is 2.41 bits per heavy atom. The number of para-hydroxylation sites is 3. The van der Waals surface area contributed by atoms with Crippen LogP contribution in [0.4, 0.5) is 0 Å². The molecule has 2 aromatic heterocycles. The van der Waals surface area contributed by atoms with E-state index in [1.165, 1.54) is 16.7 Å². The van der Waals surface area contributed by atoms with Crippen molar-refractivity contribution in [2.45, 2.75) is 19.8 Å². The Kier molecular flexibility index (Phi) is 5.31. The van der Waals surface area contributed by atoms with E-state index in [0.717, 1.165) is 44.5 Å². The number of rotatable bonds is 4. The van der Waals surface area contributed by atoms with Gasteiger partial charge >= 0.3 is 0 Å². The molecule has 0 amide bonds. The fourth-order valence-electron chi connectivity index (χ4n) is 5.53. The number of fused-ring (bicyclic) bond motifs is 4. The lowest BCUT2D eigenvalue weighted by atomic mass is 9.95. The molecular formula is C35H25N3O. The number of aromatic nitrogens is 2. The number of benzene rings is 5. The highest BCUT2D eigenvalue weighted by molar-refractivity contribution is 6.09. The summed E-state index contributed by atoms with van der Waals surface area (Å²) in [5.74, 6) is 1.12. The van der Waals surface area contributed by atoms with Crippen molar-refractivity contribution in [3.63, 3.8) is 0 Å². The van der Waals surface area contributed by atoms with Crippen molar-refractivity contribution >= 4 is 33.0 Å². The Bertz CT molecular complexity index is 2060. The summed E-state index contributed by atoms with van der Waals surface area (Å²) in [6, 6.07) is 39.5. The highest BCUT2D eigenvalue weighted by Gasteiger charge is 2.22. The molecule has 0 aliphatic rings. The molecule has 5 aromatic carbocycles. The minimum atomic E-state index is 0.295. The zero-order valence-electron chi connectivity index (χ0n) is 21.7. The second-order valence-electron chi connectivity index (χ2n) is 10.2. The summed E-state index contributed by atoms with van der Waals surface area (Å²) in [5.41, 5.74) is 9.68. The van der Waals surface area contributed by atoms with Crippen LogP contribution < -0.4 is 0 Å². The van der Waals surface area contributed by atoms with Crippen molar-refractivity contribution in [1.82, 2.24) is 9.55 Å². The lowest BCUT2D eigenvalue weighted by molar-refractivity contribution is 0.669. The van der Waals surface area contributed by atoms with Crippen molar-refractivity contribution in [3.05, 3.63) is 120 Å². The van der Waals surface area contributed by atoms with Gasteiger partial charge < -0.3 is 4.42 Å². The molecule has 7 aromatic rings. The molecule has 4 heteroatoms. The van der Waals surface area contributed by atoms with Crippen LogP contribution in [0, 0.1) is 11.3 Å². The summed E-state index contributed by atoms with van der Waals surface area (Å²) < 4.78 is 8.68. The van der Waals surface area contributed by atoms with E-state index < -0.39 is 0 Å². The molecule has 0 bridgehead atoms. The summed E-state index contributed by atoms with van der Waals surface area (Å²) in [6.07, 6.45) is 0. The van der Waals surface area contributed by atoms with Crippen molar-refractivity contribution in [1.29, 1.82) is 5.26 Å². The molecule has 7 rings (SSSR count). The lowest BCUT2D eigenvalue weighted by Crippen LogP contribution is -2.04. The molecule has 0 spiro atoms. The number of furan rings is 1. The molecule has 0 saturated heterocycles. The molecule has 0 aliphatic heterocycles. The first-order valence-corrected chi connectivity index (χ1v) is 13.2. The monoisotopic (exact) mass is 503 g/mol. The van der Waals surface area contributed by atoms with Gasteiger partial charge in [-0.2, -0.15) is 5.26 Å². The lowest BCUT2D eigenvalue weighted by Gasteiger charge is -2.18. The van der Waals surface area contributed by atoms with Crippen LogP contribution in [0.3, 0.4) is 0 Å². The number of hydrogen-bond donors (Lipinski definition) is 0. The van der Waals surface area contributed by atoms with Gasteiger partial charge in [-0.15, -0.1) is 0 Å². The zero-order chi connectivity index (χ0) is 26.5. The quantitative estimate of drug-likeness (QED) is 0.240. The van der Waals surface area contributed by atoms with Gasteiger partial charge in [0.05, 0.1) is 33.9 Å². The van der Waals surface area contributed by atoms with Crippen molar-refractivity contribution < 1.29 is 4.42 Å². The molecule has 39 heavy (non-hydrogen) atoms. The third kappa shape index (κ3) is 3.71. The Morgan fingerprint density at radius 1 is 0.769 bits per heavy atom. The Hall–Kier alpha value is -5.14. The fourth-order valence-corrected chi connectivity index (χ4v) is 5.53. The first-order chi connectivity index (χ1) is 19.1. The molecule has 0 radical (unpaired) electrons.